The molecule has 0 bridgehead atoms. The van der Waals surface area contributed by atoms with Crippen molar-refractivity contribution >= 4 is 49.0 Å². The van der Waals surface area contributed by atoms with Gasteiger partial charge < -0.3 is 28.6 Å². The van der Waals surface area contributed by atoms with E-state index in [1.165, 1.54) is 0 Å². The van der Waals surface area contributed by atoms with Crippen LogP contribution in [0.4, 0.5) is 0 Å². The normalized spacial score (nSPS) is 12.5. The average molecular weight is 308 g/mol. The Bertz CT molecular complexity index is 366. The summed E-state index contributed by atoms with van der Waals surface area (Å²) >= 11 is 7.93. The SMILES string of the molecule is O=C(/C=C/C(=O)OP(O)(O)=S)OP(O)(O)=S. The third-order valence-electron chi connectivity index (χ3n) is 0.773. The van der Waals surface area contributed by atoms with Gasteiger partial charge in [0.1, 0.15) is 0 Å². The first-order valence-electron chi connectivity index (χ1n) is 3.26. The molecule has 92 valence electrons. The van der Waals surface area contributed by atoms with Gasteiger partial charge in [-0.05, 0) is 0 Å². The van der Waals surface area contributed by atoms with E-state index in [0.717, 1.165) is 0 Å². The van der Waals surface area contributed by atoms with Gasteiger partial charge in [-0.2, -0.15) is 0 Å². The first kappa shape index (κ1) is 15.8. The number of carbonyl (C=O) groups is 2. The lowest BCUT2D eigenvalue weighted by Gasteiger charge is -2.06. The van der Waals surface area contributed by atoms with Gasteiger partial charge >= 0.3 is 25.4 Å². The number of hydrogen-bond donors (Lipinski definition) is 4. The summed E-state index contributed by atoms with van der Waals surface area (Å²) in [5.41, 5.74) is 0. The summed E-state index contributed by atoms with van der Waals surface area (Å²) in [6, 6.07) is 0. The minimum atomic E-state index is -4.15. The molecule has 4 N–H and O–H groups in total. The van der Waals surface area contributed by atoms with Crippen LogP contribution in [0.15, 0.2) is 12.2 Å². The molecule has 0 amide bonds. The highest BCUT2D eigenvalue weighted by Crippen LogP contribution is 2.37. The van der Waals surface area contributed by atoms with Crippen LogP contribution in [0.3, 0.4) is 0 Å². The Balaban J connectivity index is 4.30. The average Bonchev–Trinajstić information content (AvgIpc) is 1.94. The van der Waals surface area contributed by atoms with E-state index in [1.807, 2.05) is 0 Å². The molecule has 8 nitrogen and oxygen atoms in total. The summed E-state index contributed by atoms with van der Waals surface area (Å²) in [6.07, 6.45) is 0.918. The minimum Gasteiger partial charge on any atom is -0.388 e. The zero-order valence-electron chi connectivity index (χ0n) is 7.29. The Morgan fingerprint density at radius 3 is 1.31 bits per heavy atom. The van der Waals surface area contributed by atoms with Crippen LogP contribution >= 0.6 is 13.4 Å². The Morgan fingerprint density at radius 2 is 1.12 bits per heavy atom. The highest BCUT2D eigenvalue weighted by Gasteiger charge is 2.15. The van der Waals surface area contributed by atoms with Gasteiger partial charge in [0, 0.05) is 35.8 Å². The van der Waals surface area contributed by atoms with E-state index in [2.05, 4.69) is 32.7 Å². The highest BCUT2D eigenvalue weighted by molar-refractivity contribution is 8.07. The number of hydrogen-bond acceptors (Lipinski definition) is 6. The summed E-state index contributed by atoms with van der Waals surface area (Å²) in [5, 5.41) is 0. The van der Waals surface area contributed by atoms with Crippen molar-refractivity contribution in [3.8, 4) is 0 Å². The van der Waals surface area contributed by atoms with Crippen LogP contribution in [0.5, 0.6) is 0 Å². The van der Waals surface area contributed by atoms with Crippen molar-refractivity contribution in [3.63, 3.8) is 0 Å². The summed E-state index contributed by atoms with van der Waals surface area (Å²) in [7, 11) is 0. The van der Waals surface area contributed by atoms with Gasteiger partial charge in [-0.3, -0.25) is 0 Å². The topological polar surface area (TPSA) is 134 Å². The highest BCUT2D eigenvalue weighted by atomic mass is 32.5. The van der Waals surface area contributed by atoms with Crippen LogP contribution < -0.4 is 0 Å². The first-order valence-corrected chi connectivity index (χ1v) is 8.51. The van der Waals surface area contributed by atoms with E-state index >= 15 is 0 Å². The van der Waals surface area contributed by atoms with Gasteiger partial charge in [0.05, 0.1) is 0 Å². The van der Waals surface area contributed by atoms with Gasteiger partial charge in [-0.15, -0.1) is 0 Å². The second kappa shape index (κ2) is 5.95. The van der Waals surface area contributed by atoms with Crippen LogP contribution in [0.25, 0.3) is 0 Å². The number of rotatable bonds is 4. The lowest BCUT2D eigenvalue weighted by Crippen LogP contribution is -2.02. The molecule has 12 heteroatoms. The lowest BCUT2D eigenvalue weighted by molar-refractivity contribution is -0.132. The molecular weight excluding hydrogens is 302 g/mol. The largest absolute Gasteiger partial charge is 0.388 e. The smallest absolute Gasteiger partial charge is 0.377 e. The molecule has 0 atom stereocenters. The van der Waals surface area contributed by atoms with Crippen LogP contribution in [0, 0.1) is 0 Å². The van der Waals surface area contributed by atoms with Crippen molar-refractivity contribution < 1.29 is 38.2 Å². The van der Waals surface area contributed by atoms with E-state index in [0.29, 0.717) is 12.2 Å². The standard InChI is InChI=1S/C4H6O8P2S2/c5-3(11-13(7,8)15)1-2-4(6)12-14(9,10)16/h1-2H,(H2,7,8,15)(H2,9,10,16)/b2-1+. The van der Waals surface area contributed by atoms with Gasteiger partial charge in [0.25, 0.3) is 0 Å². The Hall–Kier alpha value is -0.180. The van der Waals surface area contributed by atoms with Crippen molar-refractivity contribution in [1.82, 2.24) is 0 Å². The van der Waals surface area contributed by atoms with Gasteiger partial charge in [-0.1, -0.05) is 0 Å². The molecule has 0 radical (unpaired) electrons. The maximum atomic E-state index is 10.7. The summed E-state index contributed by atoms with van der Waals surface area (Å²) in [4.78, 5) is 55.6. The Kier molecular flexibility index (Phi) is 5.88. The van der Waals surface area contributed by atoms with Gasteiger partial charge in [0.2, 0.25) is 0 Å². The molecule has 0 heterocycles. The van der Waals surface area contributed by atoms with Crippen molar-refractivity contribution in [2.75, 3.05) is 0 Å². The van der Waals surface area contributed by atoms with Gasteiger partial charge in [0.15, 0.2) is 0 Å². The maximum Gasteiger partial charge on any atom is 0.377 e. The lowest BCUT2D eigenvalue weighted by atomic mass is 10.5. The van der Waals surface area contributed by atoms with Crippen molar-refractivity contribution in [3.05, 3.63) is 12.2 Å². The third-order valence-corrected chi connectivity index (χ3v) is 2.06. The zero-order valence-corrected chi connectivity index (χ0v) is 10.7. The molecule has 0 rings (SSSR count). The summed E-state index contributed by atoms with van der Waals surface area (Å²) < 4.78 is 7.76. The van der Waals surface area contributed by atoms with E-state index in [1.54, 1.807) is 0 Å². The third kappa shape index (κ3) is 10.3. The van der Waals surface area contributed by atoms with E-state index in [9.17, 15) is 9.59 Å². The molecule has 16 heavy (non-hydrogen) atoms. The van der Waals surface area contributed by atoms with Crippen LogP contribution in [-0.2, 0) is 42.3 Å². The predicted molar refractivity (Wildman–Crippen MR) is 58.8 cm³/mol. The molecule has 0 aromatic carbocycles. The second-order valence-electron chi connectivity index (χ2n) is 2.14. The fourth-order valence-corrected chi connectivity index (χ4v) is 1.46. The monoisotopic (exact) mass is 308 g/mol. The quantitative estimate of drug-likeness (QED) is 0.380. The predicted octanol–water partition coefficient (Wildman–Crippen LogP) is -0.953. The fraction of sp³-hybridized carbons (Fsp3) is 0. The summed E-state index contributed by atoms with van der Waals surface area (Å²) in [6.45, 7) is -8.31. The molecule has 0 spiro atoms. The molecule has 0 aliphatic heterocycles. The Labute approximate surface area is 99.6 Å². The molecule has 0 unspecified atom stereocenters. The molecule has 0 fully saturated rings. The van der Waals surface area contributed by atoms with Crippen molar-refractivity contribution in [1.29, 1.82) is 0 Å². The van der Waals surface area contributed by atoms with E-state index in [4.69, 9.17) is 19.6 Å². The maximum absolute atomic E-state index is 10.7. The van der Waals surface area contributed by atoms with Crippen molar-refractivity contribution in [2.45, 2.75) is 0 Å². The van der Waals surface area contributed by atoms with Crippen molar-refractivity contribution in [2.24, 2.45) is 0 Å². The molecule has 0 aromatic rings. The molecule has 0 saturated heterocycles. The second-order valence-corrected chi connectivity index (χ2v) is 7.32. The minimum absolute atomic E-state index is 0.459. The zero-order chi connectivity index (χ0) is 13.0. The van der Waals surface area contributed by atoms with Crippen LogP contribution in [-0.4, -0.2) is 31.5 Å². The van der Waals surface area contributed by atoms with Crippen LogP contribution in [0.1, 0.15) is 0 Å². The number of carbonyl (C=O) groups excluding carboxylic acids is 2. The first-order chi connectivity index (χ1) is 6.99. The molecular formula is C4H6O8P2S2. The molecule has 0 aliphatic rings. The molecule has 0 aromatic heterocycles. The van der Waals surface area contributed by atoms with Crippen LogP contribution in [0.2, 0.25) is 0 Å². The van der Waals surface area contributed by atoms with E-state index in [-0.39, 0.29) is 0 Å². The van der Waals surface area contributed by atoms with E-state index < -0.39 is 25.4 Å². The Morgan fingerprint density at radius 1 is 0.875 bits per heavy atom. The fourth-order valence-electron chi connectivity index (χ4n) is 0.431. The molecule has 0 aliphatic carbocycles. The van der Waals surface area contributed by atoms with Gasteiger partial charge in [-0.25, -0.2) is 9.59 Å². The summed E-state index contributed by atoms with van der Waals surface area (Å²) in [5.74, 6) is -2.59. The molecule has 0 saturated carbocycles.